The first-order valence-corrected chi connectivity index (χ1v) is 9.99. The van der Waals surface area contributed by atoms with E-state index in [2.05, 4.69) is 10.3 Å². The van der Waals surface area contributed by atoms with Crippen LogP contribution >= 0.6 is 0 Å². The third-order valence-electron chi connectivity index (χ3n) is 5.44. The molecule has 154 valence electrons. The maximum atomic E-state index is 12.4. The second-order valence-corrected chi connectivity index (χ2v) is 7.49. The maximum Gasteiger partial charge on any atom is 0.240 e. The van der Waals surface area contributed by atoms with Crippen molar-refractivity contribution in [1.82, 2.24) is 15.2 Å². The Bertz CT molecular complexity index is 930. The van der Waals surface area contributed by atoms with Gasteiger partial charge in [-0.15, -0.1) is 0 Å². The number of allylic oxidation sites excluding steroid dienone is 2. The Morgan fingerprint density at radius 2 is 1.73 bits per heavy atom. The van der Waals surface area contributed by atoms with Crippen LogP contribution in [0.4, 0.5) is 0 Å². The molecule has 1 aliphatic carbocycles. The molecule has 1 fully saturated rings. The zero-order valence-corrected chi connectivity index (χ0v) is 16.5. The summed E-state index contributed by atoms with van der Waals surface area (Å²) in [5.41, 5.74) is 1.88. The van der Waals surface area contributed by atoms with Crippen LogP contribution in [-0.4, -0.2) is 34.2 Å². The summed E-state index contributed by atoms with van der Waals surface area (Å²) in [6.45, 7) is 0.517. The van der Waals surface area contributed by atoms with Gasteiger partial charge >= 0.3 is 0 Å². The van der Waals surface area contributed by atoms with Gasteiger partial charge < -0.3 is 10.1 Å². The lowest BCUT2D eigenvalue weighted by Crippen LogP contribution is -2.40. The minimum absolute atomic E-state index is 0.225. The lowest BCUT2D eigenvalue weighted by molar-refractivity contribution is -0.143. The molecule has 4 rings (SSSR count). The van der Waals surface area contributed by atoms with Crippen molar-refractivity contribution in [3.63, 3.8) is 0 Å². The van der Waals surface area contributed by atoms with Gasteiger partial charge in [-0.05, 0) is 36.6 Å². The van der Waals surface area contributed by atoms with Gasteiger partial charge in [0.15, 0.2) is 0 Å². The van der Waals surface area contributed by atoms with Crippen molar-refractivity contribution in [1.29, 1.82) is 0 Å². The van der Waals surface area contributed by atoms with Gasteiger partial charge in [0.05, 0.1) is 11.8 Å². The van der Waals surface area contributed by atoms with Crippen LogP contribution in [0, 0.1) is 11.8 Å². The number of likely N-dealkylation sites (tertiary alicyclic amines) is 1. The minimum atomic E-state index is -0.347. The highest BCUT2D eigenvalue weighted by molar-refractivity contribution is 6.07. The van der Waals surface area contributed by atoms with E-state index in [4.69, 9.17) is 4.74 Å². The first-order valence-electron chi connectivity index (χ1n) is 9.99. The Hall–Kier alpha value is -3.48. The van der Waals surface area contributed by atoms with Crippen LogP contribution in [-0.2, 0) is 27.5 Å². The summed E-state index contributed by atoms with van der Waals surface area (Å²) in [6, 6.07) is 11.2. The van der Waals surface area contributed by atoms with Gasteiger partial charge in [0, 0.05) is 24.5 Å². The molecule has 1 aromatic carbocycles. The van der Waals surface area contributed by atoms with Gasteiger partial charge in [-0.1, -0.05) is 30.4 Å². The molecule has 2 atom stereocenters. The summed E-state index contributed by atoms with van der Waals surface area (Å²) in [5, 5.41) is 2.78. The average molecular weight is 405 g/mol. The van der Waals surface area contributed by atoms with Crippen molar-refractivity contribution < 1.29 is 19.1 Å². The Balaban J connectivity index is 1.25. The number of nitrogens with one attached hydrogen (secondary N) is 1. The van der Waals surface area contributed by atoms with Crippen LogP contribution in [0.25, 0.3) is 0 Å². The Morgan fingerprint density at radius 1 is 1.03 bits per heavy atom. The summed E-state index contributed by atoms with van der Waals surface area (Å²) >= 11 is 0. The van der Waals surface area contributed by atoms with Crippen molar-refractivity contribution in [2.45, 2.75) is 26.0 Å². The molecule has 1 aromatic heterocycles. The zero-order chi connectivity index (χ0) is 20.9. The molecule has 1 N–H and O–H groups in total. The molecule has 0 saturated carbocycles. The van der Waals surface area contributed by atoms with Gasteiger partial charge in [0.1, 0.15) is 18.9 Å². The topological polar surface area (TPSA) is 88.6 Å². The van der Waals surface area contributed by atoms with Gasteiger partial charge in [0.2, 0.25) is 17.7 Å². The third-order valence-corrected chi connectivity index (χ3v) is 5.44. The largest absolute Gasteiger partial charge is 0.489 e. The number of hydrogen-bond acceptors (Lipinski definition) is 5. The van der Waals surface area contributed by atoms with E-state index in [1.807, 2.05) is 48.6 Å². The number of carbonyl (C=O) groups excluding carboxylic acids is 3. The SMILES string of the molecule is O=C(CN1C(=O)C2CC=CCC2C1=O)NCc1ccc(OCc2cccnc2)cc1. The number of fused-ring (bicyclic) bond motifs is 1. The number of imide groups is 1. The maximum absolute atomic E-state index is 12.4. The first-order chi connectivity index (χ1) is 14.6. The number of rotatable bonds is 7. The molecule has 2 aliphatic rings. The second-order valence-electron chi connectivity index (χ2n) is 7.49. The highest BCUT2D eigenvalue weighted by Gasteiger charge is 2.47. The monoisotopic (exact) mass is 405 g/mol. The number of aromatic nitrogens is 1. The zero-order valence-electron chi connectivity index (χ0n) is 16.5. The lowest BCUT2D eigenvalue weighted by Gasteiger charge is -2.14. The molecule has 7 nitrogen and oxygen atoms in total. The van der Waals surface area contributed by atoms with E-state index >= 15 is 0 Å². The molecule has 1 saturated heterocycles. The van der Waals surface area contributed by atoms with Gasteiger partial charge in [-0.3, -0.25) is 24.3 Å². The molecule has 7 heteroatoms. The number of amides is 3. The standard InChI is InChI=1S/C23H23N3O4/c27-21(14-26-22(28)19-5-1-2-6-20(19)23(26)29)25-13-16-7-9-18(10-8-16)30-15-17-4-3-11-24-12-17/h1-4,7-12,19-20H,5-6,13-15H2,(H,25,27). The van der Waals surface area contributed by atoms with E-state index in [1.54, 1.807) is 12.4 Å². The number of benzene rings is 1. The molecule has 0 spiro atoms. The smallest absolute Gasteiger partial charge is 0.240 e. The van der Waals surface area contributed by atoms with E-state index < -0.39 is 0 Å². The van der Waals surface area contributed by atoms with E-state index in [0.29, 0.717) is 26.0 Å². The van der Waals surface area contributed by atoms with Crippen molar-refractivity contribution in [3.8, 4) is 5.75 Å². The first kappa shape index (κ1) is 19.8. The fraction of sp³-hybridized carbons (Fsp3) is 0.304. The molecule has 3 amide bonds. The van der Waals surface area contributed by atoms with Crippen molar-refractivity contribution in [3.05, 3.63) is 72.1 Å². The third kappa shape index (κ3) is 4.40. The summed E-state index contributed by atoms with van der Waals surface area (Å²) in [4.78, 5) is 42.3. The number of ether oxygens (including phenoxy) is 1. The predicted molar refractivity (Wildman–Crippen MR) is 109 cm³/mol. The molecular weight excluding hydrogens is 382 g/mol. The Labute approximate surface area is 174 Å². The summed E-state index contributed by atoms with van der Waals surface area (Å²) in [6.07, 6.45) is 8.47. The number of carbonyl (C=O) groups is 3. The molecule has 1 aliphatic heterocycles. The molecule has 30 heavy (non-hydrogen) atoms. The fourth-order valence-electron chi connectivity index (χ4n) is 3.78. The van der Waals surface area contributed by atoms with Gasteiger partial charge in [0.25, 0.3) is 0 Å². The van der Waals surface area contributed by atoms with Crippen molar-refractivity contribution >= 4 is 17.7 Å². The summed E-state index contributed by atoms with van der Waals surface area (Å²) < 4.78 is 5.72. The number of pyridine rings is 1. The summed E-state index contributed by atoms with van der Waals surface area (Å²) in [7, 11) is 0. The van der Waals surface area contributed by atoms with Crippen LogP contribution in [0.3, 0.4) is 0 Å². The predicted octanol–water partition coefficient (Wildman–Crippen LogP) is 2.23. The van der Waals surface area contributed by atoms with Crippen LogP contribution in [0.1, 0.15) is 24.0 Å². The van der Waals surface area contributed by atoms with E-state index in [1.165, 1.54) is 0 Å². The average Bonchev–Trinajstić information content (AvgIpc) is 3.03. The minimum Gasteiger partial charge on any atom is -0.489 e. The molecule has 0 radical (unpaired) electrons. The highest BCUT2D eigenvalue weighted by atomic mass is 16.5. The van der Waals surface area contributed by atoms with Crippen molar-refractivity contribution in [2.24, 2.45) is 11.8 Å². The highest BCUT2D eigenvalue weighted by Crippen LogP contribution is 2.34. The van der Waals surface area contributed by atoms with Crippen molar-refractivity contribution in [2.75, 3.05) is 6.54 Å². The molecular formula is C23H23N3O4. The van der Waals surface area contributed by atoms with E-state index in [9.17, 15) is 14.4 Å². The normalized spacial score (nSPS) is 20.2. The van der Waals surface area contributed by atoms with Crippen LogP contribution in [0.2, 0.25) is 0 Å². The van der Waals surface area contributed by atoms with Gasteiger partial charge in [-0.2, -0.15) is 0 Å². The van der Waals surface area contributed by atoms with Crippen LogP contribution < -0.4 is 10.1 Å². The fourth-order valence-corrected chi connectivity index (χ4v) is 3.78. The molecule has 0 bridgehead atoms. The quantitative estimate of drug-likeness (QED) is 0.564. The lowest BCUT2D eigenvalue weighted by atomic mass is 9.85. The molecule has 2 aromatic rings. The van der Waals surface area contributed by atoms with E-state index in [-0.39, 0.29) is 36.1 Å². The number of hydrogen-bond donors (Lipinski definition) is 1. The second kappa shape index (κ2) is 8.90. The van der Waals surface area contributed by atoms with Crippen LogP contribution in [0.5, 0.6) is 5.75 Å². The number of nitrogens with zero attached hydrogens (tertiary/aromatic N) is 2. The summed E-state index contributed by atoms with van der Waals surface area (Å²) in [5.74, 6) is -0.720. The molecule has 2 unspecified atom stereocenters. The van der Waals surface area contributed by atoms with E-state index in [0.717, 1.165) is 21.8 Å². The Kier molecular flexibility index (Phi) is 5.88. The Morgan fingerprint density at radius 3 is 2.37 bits per heavy atom. The van der Waals surface area contributed by atoms with Crippen LogP contribution in [0.15, 0.2) is 60.9 Å². The van der Waals surface area contributed by atoms with Gasteiger partial charge in [-0.25, -0.2) is 0 Å². The molecule has 2 heterocycles.